The number of piperazine rings is 1. The first-order chi connectivity index (χ1) is 17.0. The van der Waals surface area contributed by atoms with Crippen LogP contribution in [-0.2, 0) is 0 Å². The maximum absolute atomic E-state index is 13.7. The van der Waals surface area contributed by atoms with Gasteiger partial charge in [0.05, 0.1) is 34.1 Å². The van der Waals surface area contributed by atoms with E-state index >= 15 is 0 Å². The van der Waals surface area contributed by atoms with Gasteiger partial charge < -0.3 is 14.5 Å². The van der Waals surface area contributed by atoms with E-state index in [9.17, 15) is 4.79 Å². The molecule has 1 amide bonds. The van der Waals surface area contributed by atoms with Crippen molar-refractivity contribution in [1.29, 1.82) is 0 Å². The van der Waals surface area contributed by atoms with E-state index < -0.39 is 0 Å². The highest BCUT2D eigenvalue weighted by Crippen LogP contribution is 2.33. The molecule has 0 saturated carbocycles. The zero-order chi connectivity index (χ0) is 24.4. The summed E-state index contributed by atoms with van der Waals surface area (Å²) in [5.74, 6) is 0.868. The molecule has 35 heavy (non-hydrogen) atoms. The molecule has 4 aromatic rings. The van der Waals surface area contributed by atoms with E-state index in [1.807, 2.05) is 66.4 Å². The normalized spacial score (nSPS) is 13.8. The minimum absolute atomic E-state index is 0.00678. The Balaban J connectivity index is 1.43. The van der Waals surface area contributed by atoms with Crippen LogP contribution in [0.1, 0.15) is 17.3 Å². The number of hydrogen-bond acceptors (Lipinski definition) is 4. The number of ether oxygens (including phenoxy) is 1. The van der Waals surface area contributed by atoms with Crippen LogP contribution in [0.4, 0.5) is 5.69 Å². The quantitative estimate of drug-likeness (QED) is 0.307. The lowest BCUT2D eigenvalue weighted by Crippen LogP contribution is -2.49. The van der Waals surface area contributed by atoms with Gasteiger partial charge in [-0.2, -0.15) is 0 Å². The second kappa shape index (κ2) is 10.1. The number of hydrogen-bond donors (Lipinski definition) is 0. The van der Waals surface area contributed by atoms with Crippen LogP contribution in [0.5, 0.6) is 5.75 Å². The molecule has 1 aliphatic heterocycles. The summed E-state index contributed by atoms with van der Waals surface area (Å²) in [4.78, 5) is 22.7. The summed E-state index contributed by atoms with van der Waals surface area (Å²) in [7, 11) is 0. The van der Waals surface area contributed by atoms with E-state index in [-0.39, 0.29) is 5.91 Å². The molecule has 2 heterocycles. The predicted molar refractivity (Wildman–Crippen MR) is 143 cm³/mol. The van der Waals surface area contributed by atoms with Crippen LogP contribution in [0.3, 0.4) is 0 Å². The summed E-state index contributed by atoms with van der Waals surface area (Å²) in [6, 6.07) is 22.9. The van der Waals surface area contributed by atoms with Crippen LogP contribution in [0.25, 0.3) is 22.2 Å². The van der Waals surface area contributed by atoms with Crippen molar-refractivity contribution in [2.24, 2.45) is 0 Å². The van der Waals surface area contributed by atoms with Crippen LogP contribution in [0.2, 0.25) is 10.0 Å². The molecule has 3 aromatic carbocycles. The van der Waals surface area contributed by atoms with Gasteiger partial charge in [0.25, 0.3) is 5.91 Å². The fraction of sp³-hybridized carbons (Fsp3) is 0.214. The molecule has 0 spiro atoms. The van der Waals surface area contributed by atoms with E-state index in [0.717, 1.165) is 41.0 Å². The number of anilines is 1. The molecule has 0 unspecified atom stereocenters. The van der Waals surface area contributed by atoms with E-state index in [1.165, 1.54) is 0 Å². The third kappa shape index (κ3) is 4.79. The number of carbonyl (C=O) groups excluding carboxylic acids is 1. The van der Waals surface area contributed by atoms with Gasteiger partial charge in [-0.15, -0.1) is 0 Å². The molecule has 178 valence electrons. The molecule has 1 aromatic heterocycles. The second-order valence-corrected chi connectivity index (χ2v) is 9.22. The fourth-order valence-electron chi connectivity index (χ4n) is 4.50. The average Bonchev–Trinajstić information content (AvgIpc) is 2.88. The molecule has 0 radical (unpaired) electrons. The molecule has 1 aliphatic rings. The average molecular weight is 506 g/mol. The summed E-state index contributed by atoms with van der Waals surface area (Å²) in [6.45, 7) is 5.30. The summed E-state index contributed by atoms with van der Waals surface area (Å²) in [5.41, 5.74) is 3.84. The fourth-order valence-corrected chi connectivity index (χ4v) is 5.01. The smallest absolute Gasteiger partial charge is 0.254 e. The largest absolute Gasteiger partial charge is 0.492 e. The zero-order valence-corrected chi connectivity index (χ0v) is 20.9. The summed E-state index contributed by atoms with van der Waals surface area (Å²) < 4.78 is 5.81. The number of para-hydroxylation sites is 3. The third-order valence-electron chi connectivity index (χ3n) is 6.23. The molecular weight excluding hydrogens is 481 g/mol. The summed E-state index contributed by atoms with van der Waals surface area (Å²) >= 11 is 12.6. The van der Waals surface area contributed by atoms with Crippen LogP contribution < -0.4 is 9.64 Å². The Morgan fingerprint density at radius 2 is 1.69 bits per heavy atom. The Labute approximate surface area is 214 Å². The highest BCUT2D eigenvalue weighted by molar-refractivity contribution is 6.36. The number of nitrogens with zero attached hydrogens (tertiary/aromatic N) is 3. The number of fused-ring (bicyclic) bond motifs is 1. The van der Waals surface area contributed by atoms with Crippen LogP contribution >= 0.6 is 23.2 Å². The molecule has 0 atom stereocenters. The van der Waals surface area contributed by atoms with Crippen molar-refractivity contribution in [2.75, 3.05) is 37.7 Å². The van der Waals surface area contributed by atoms with Gasteiger partial charge in [-0.25, -0.2) is 4.98 Å². The molecule has 0 N–H and O–H groups in total. The topological polar surface area (TPSA) is 45.7 Å². The third-order valence-corrected chi connectivity index (χ3v) is 6.77. The number of amides is 1. The number of rotatable bonds is 5. The highest BCUT2D eigenvalue weighted by atomic mass is 35.5. The maximum atomic E-state index is 13.7. The van der Waals surface area contributed by atoms with Gasteiger partial charge in [0.1, 0.15) is 5.75 Å². The van der Waals surface area contributed by atoms with Crippen molar-refractivity contribution >= 4 is 45.7 Å². The van der Waals surface area contributed by atoms with E-state index in [4.69, 9.17) is 32.9 Å². The van der Waals surface area contributed by atoms with Crippen molar-refractivity contribution in [3.63, 3.8) is 0 Å². The van der Waals surface area contributed by atoms with Gasteiger partial charge in [-0.1, -0.05) is 53.5 Å². The van der Waals surface area contributed by atoms with E-state index in [0.29, 0.717) is 41.0 Å². The lowest BCUT2D eigenvalue weighted by atomic mass is 10.0. The second-order valence-electron chi connectivity index (χ2n) is 8.38. The first kappa shape index (κ1) is 23.5. The zero-order valence-electron chi connectivity index (χ0n) is 19.4. The Morgan fingerprint density at radius 3 is 2.46 bits per heavy atom. The van der Waals surface area contributed by atoms with Crippen molar-refractivity contribution in [3.8, 4) is 17.0 Å². The Hall–Kier alpha value is -3.28. The van der Waals surface area contributed by atoms with Gasteiger partial charge in [0.15, 0.2) is 0 Å². The standard InChI is InChI=1S/C28H25Cl2N3O2/c1-2-35-27-10-6-5-9-26(27)32-13-15-33(16-14-32)28(34)22-18-25(21-12-11-19(29)17-23(21)30)31-24-8-4-3-7-20(22)24/h3-12,17-18H,2,13-16H2,1H3. The molecule has 1 fully saturated rings. The van der Waals surface area contributed by atoms with Crippen LogP contribution in [-0.4, -0.2) is 48.6 Å². The Morgan fingerprint density at radius 1 is 0.943 bits per heavy atom. The SMILES string of the molecule is CCOc1ccccc1N1CCN(C(=O)c2cc(-c3ccc(Cl)cc3Cl)nc3ccccc23)CC1. The van der Waals surface area contributed by atoms with Gasteiger partial charge in [0, 0.05) is 42.2 Å². The predicted octanol–water partition coefficient (Wildman–Crippen LogP) is 6.57. The molecule has 5 nitrogen and oxygen atoms in total. The van der Waals surface area contributed by atoms with Gasteiger partial charge in [-0.3, -0.25) is 4.79 Å². The van der Waals surface area contributed by atoms with Crippen molar-refractivity contribution in [1.82, 2.24) is 9.88 Å². The summed E-state index contributed by atoms with van der Waals surface area (Å²) in [5, 5.41) is 1.88. The molecular formula is C28H25Cl2N3O2. The Kier molecular flexibility index (Phi) is 6.80. The summed E-state index contributed by atoms with van der Waals surface area (Å²) in [6.07, 6.45) is 0. The van der Waals surface area contributed by atoms with Gasteiger partial charge in [-0.05, 0) is 49.4 Å². The monoisotopic (exact) mass is 505 g/mol. The number of benzene rings is 3. The Bertz CT molecular complexity index is 1380. The molecule has 0 aliphatic carbocycles. The first-order valence-electron chi connectivity index (χ1n) is 11.7. The maximum Gasteiger partial charge on any atom is 0.254 e. The number of aromatic nitrogens is 1. The first-order valence-corrected chi connectivity index (χ1v) is 12.4. The molecule has 0 bridgehead atoms. The molecule has 7 heteroatoms. The number of pyridine rings is 1. The minimum Gasteiger partial charge on any atom is -0.492 e. The number of halogens is 2. The number of carbonyl (C=O) groups is 1. The van der Waals surface area contributed by atoms with Crippen molar-refractivity contribution in [2.45, 2.75) is 6.92 Å². The van der Waals surface area contributed by atoms with Crippen LogP contribution in [0, 0.1) is 0 Å². The lowest BCUT2D eigenvalue weighted by molar-refractivity contribution is 0.0748. The minimum atomic E-state index is -0.00678. The van der Waals surface area contributed by atoms with Crippen molar-refractivity contribution in [3.05, 3.63) is 88.4 Å². The van der Waals surface area contributed by atoms with Gasteiger partial charge >= 0.3 is 0 Å². The van der Waals surface area contributed by atoms with Gasteiger partial charge in [0.2, 0.25) is 0 Å². The highest BCUT2D eigenvalue weighted by Gasteiger charge is 2.26. The molecule has 5 rings (SSSR count). The van der Waals surface area contributed by atoms with Crippen molar-refractivity contribution < 1.29 is 9.53 Å². The van der Waals surface area contributed by atoms with E-state index in [2.05, 4.69) is 11.0 Å². The van der Waals surface area contributed by atoms with E-state index in [1.54, 1.807) is 12.1 Å². The van der Waals surface area contributed by atoms with Crippen LogP contribution in [0.15, 0.2) is 72.8 Å². The lowest BCUT2D eigenvalue weighted by Gasteiger charge is -2.37. The molecule has 1 saturated heterocycles.